The first-order chi connectivity index (χ1) is 13.9. The predicted molar refractivity (Wildman–Crippen MR) is 123 cm³/mol. The lowest BCUT2D eigenvalue weighted by Crippen LogP contribution is -2.24. The molecule has 1 heteroatoms. The van der Waals surface area contributed by atoms with Crippen molar-refractivity contribution >= 4 is 18.2 Å². The third-order valence-electron chi connectivity index (χ3n) is 4.42. The van der Waals surface area contributed by atoms with Crippen LogP contribution in [0, 0.1) is 0 Å². The Morgan fingerprint density at radius 1 is 0.429 bits per heavy atom. The average molecular weight is 366 g/mol. The number of hydrogen-bond acceptors (Lipinski definition) is 1. The zero-order valence-electron chi connectivity index (χ0n) is 16.2. The molecule has 0 aliphatic rings. The molecule has 0 bridgehead atoms. The molecule has 140 valence electrons. The first kappa shape index (κ1) is 19.6. The smallest absolute Gasteiger partial charge is 0.0173 e. The Labute approximate surface area is 169 Å². The van der Waals surface area contributed by atoms with Crippen LogP contribution >= 0.6 is 0 Å². The molecule has 1 nitrogen and oxygen atoms in total. The van der Waals surface area contributed by atoms with Crippen LogP contribution in [-0.4, -0.2) is 24.5 Å². The van der Waals surface area contributed by atoms with Crippen LogP contribution in [0.3, 0.4) is 0 Å². The molecule has 0 aliphatic heterocycles. The highest BCUT2D eigenvalue weighted by molar-refractivity contribution is 5.50. The van der Waals surface area contributed by atoms with Gasteiger partial charge in [0.1, 0.15) is 0 Å². The maximum Gasteiger partial charge on any atom is 0.0173 e. The molecule has 0 radical (unpaired) electrons. The summed E-state index contributed by atoms with van der Waals surface area (Å²) in [5.74, 6) is 0. The van der Waals surface area contributed by atoms with Crippen molar-refractivity contribution in [2.24, 2.45) is 0 Å². The molecule has 3 aromatic carbocycles. The van der Waals surface area contributed by atoms with E-state index in [1.165, 1.54) is 16.7 Å². The highest BCUT2D eigenvalue weighted by atomic mass is 15.1. The fraction of sp³-hybridized carbons (Fsp3) is 0.111. The highest BCUT2D eigenvalue weighted by Gasteiger charge is 1.98. The van der Waals surface area contributed by atoms with E-state index < -0.39 is 0 Å². The van der Waals surface area contributed by atoms with Crippen molar-refractivity contribution in [1.29, 1.82) is 0 Å². The molecule has 0 amide bonds. The summed E-state index contributed by atoms with van der Waals surface area (Å²) < 4.78 is 0. The number of benzene rings is 3. The van der Waals surface area contributed by atoms with Crippen LogP contribution in [0.2, 0.25) is 0 Å². The highest BCUT2D eigenvalue weighted by Crippen LogP contribution is 2.05. The van der Waals surface area contributed by atoms with Crippen LogP contribution < -0.4 is 0 Å². The van der Waals surface area contributed by atoms with Crippen molar-refractivity contribution in [2.45, 2.75) is 0 Å². The lowest BCUT2D eigenvalue weighted by atomic mass is 10.2. The first-order valence-electron chi connectivity index (χ1n) is 9.77. The Kier molecular flexibility index (Phi) is 8.07. The van der Waals surface area contributed by atoms with E-state index in [-0.39, 0.29) is 0 Å². The normalized spacial score (nSPS) is 11.9. The summed E-state index contributed by atoms with van der Waals surface area (Å²) in [6.45, 7) is 2.73. The summed E-state index contributed by atoms with van der Waals surface area (Å²) >= 11 is 0. The second-order valence-electron chi connectivity index (χ2n) is 6.66. The van der Waals surface area contributed by atoms with Crippen molar-refractivity contribution in [1.82, 2.24) is 4.90 Å². The van der Waals surface area contributed by atoms with Crippen LogP contribution in [0.25, 0.3) is 18.2 Å². The molecule has 0 spiro atoms. The molecular weight excluding hydrogens is 338 g/mol. The summed E-state index contributed by atoms with van der Waals surface area (Å²) in [5, 5.41) is 0. The fourth-order valence-electron chi connectivity index (χ4n) is 2.93. The van der Waals surface area contributed by atoms with Crippen LogP contribution in [0.5, 0.6) is 0 Å². The van der Waals surface area contributed by atoms with Gasteiger partial charge in [-0.2, -0.15) is 0 Å². The van der Waals surface area contributed by atoms with Gasteiger partial charge in [0, 0.05) is 19.6 Å². The molecule has 0 saturated carbocycles. The van der Waals surface area contributed by atoms with Crippen LogP contribution in [0.1, 0.15) is 16.7 Å². The zero-order valence-corrected chi connectivity index (χ0v) is 16.2. The van der Waals surface area contributed by atoms with Gasteiger partial charge in [-0.25, -0.2) is 0 Å². The van der Waals surface area contributed by atoms with E-state index in [1.54, 1.807) is 0 Å². The molecule has 28 heavy (non-hydrogen) atoms. The van der Waals surface area contributed by atoms with Crippen molar-refractivity contribution in [3.8, 4) is 0 Å². The predicted octanol–water partition coefficient (Wildman–Crippen LogP) is 6.43. The van der Waals surface area contributed by atoms with Crippen molar-refractivity contribution in [3.05, 3.63) is 126 Å². The Morgan fingerprint density at radius 2 is 0.714 bits per heavy atom. The molecule has 0 fully saturated rings. The molecule has 3 rings (SSSR count). The third kappa shape index (κ3) is 7.22. The Hall–Kier alpha value is -3.16. The minimum Gasteiger partial charge on any atom is -0.292 e. The fourth-order valence-corrected chi connectivity index (χ4v) is 2.93. The standard InChI is InChI=1S/C27H27N/c1-4-13-25(14-5-1)19-10-22-28(23-11-20-26-15-6-2-7-16-26)24-12-21-27-17-8-3-9-18-27/h1-21H,22-24H2/b19-10-,20-11-,21-12+. The maximum absolute atomic E-state index is 2.42. The molecule has 0 atom stereocenters. The summed E-state index contributed by atoms with van der Waals surface area (Å²) in [4.78, 5) is 2.42. The Balaban J connectivity index is 1.59. The third-order valence-corrected chi connectivity index (χ3v) is 4.42. The van der Waals surface area contributed by atoms with Crippen molar-refractivity contribution in [2.75, 3.05) is 19.6 Å². The Morgan fingerprint density at radius 3 is 1.00 bits per heavy atom. The summed E-state index contributed by atoms with van der Waals surface area (Å²) in [5.41, 5.74) is 3.71. The van der Waals surface area contributed by atoms with Gasteiger partial charge < -0.3 is 0 Å². The van der Waals surface area contributed by atoms with Crippen LogP contribution in [0.15, 0.2) is 109 Å². The molecule has 0 aromatic heterocycles. The quantitative estimate of drug-likeness (QED) is 0.422. The monoisotopic (exact) mass is 365 g/mol. The van der Waals surface area contributed by atoms with Gasteiger partial charge in [-0.15, -0.1) is 0 Å². The minimum atomic E-state index is 0.910. The van der Waals surface area contributed by atoms with E-state index in [2.05, 4.69) is 114 Å². The van der Waals surface area contributed by atoms with Gasteiger partial charge >= 0.3 is 0 Å². The van der Waals surface area contributed by atoms with Gasteiger partial charge in [-0.1, -0.05) is 127 Å². The summed E-state index contributed by atoms with van der Waals surface area (Å²) in [6.07, 6.45) is 13.3. The SMILES string of the molecule is C(=C/c1ccccc1)/CN(C/C=C\c1ccccc1)C/C=C/c1ccccc1. The molecule has 0 heterocycles. The molecular formula is C27H27N. The zero-order chi connectivity index (χ0) is 19.3. The van der Waals surface area contributed by atoms with Crippen LogP contribution in [0.4, 0.5) is 0 Å². The van der Waals surface area contributed by atoms with E-state index in [1.807, 2.05) is 18.2 Å². The largest absolute Gasteiger partial charge is 0.292 e. The second-order valence-corrected chi connectivity index (χ2v) is 6.66. The number of hydrogen-bond donors (Lipinski definition) is 0. The van der Waals surface area contributed by atoms with E-state index in [9.17, 15) is 0 Å². The summed E-state index contributed by atoms with van der Waals surface area (Å²) in [7, 11) is 0. The van der Waals surface area contributed by atoms with E-state index in [0.717, 1.165) is 19.6 Å². The topological polar surface area (TPSA) is 3.24 Å². The summed E-state index contributed by atoms with van der Waals surface area (Å²) in [6, 6.07) is 31.4. The lowest BCUT2D eigenvalue weighted by molar-refractivity contribution is 0.374. The number of rotatable bonds is 9. The van der Waals surface area contributed by atoms with Gasteiger partial charge in [0.05, 0.1) is 0 Å². The van der Waals surface area contributed by atoms with Crippen LogP contribution in [-0.2, 0) is 0 Å². The molecule has 0 unspecified atom stereocenters. The molecule has 0 N–H and O–H groups in total. The second kappa shape index (κ2) is 11.5. The van der Waals surface area contributed by atoms with Crippen molar-refractivity contribution < 1.29 is 0 Å². The Bertz CT molecular complexity index is 755. The van der Waals surface area contributed by atoms with Crippen molar-refractivity contribution in [3.63, 3.8) is 0 Å². The lowest BCUT2D eigenvalue weighted by Gasteiger charge is -2.16. The molecule has 0 aliphatic carbocycles. The molecule has 3 aromatic rings. The van der Waals surface area contributed by atoms with E-state index in [0.29, 0.717) is 0 Å². The van der Waals surface area contributed by atoms with Gasteiger partial charge in [0.25, 0.3) is 0 Å². The minimum absolute atomic E-state index is 0.910. The van der Waals surface area contributed by atoms with Gasteiger partial charge in [0.2, 0.25) is 0 Å². The van der Waals surface area contributed by atoms with Gasteiger partial charge in [-0.05, 0) is 16.7 Å². The van der Waals surface area contributed by atoms with Gasteiger partial charge in [0.15, 0.2) is 0 Å². The first-order valence-corrected chi connectivity index (χ1v) is 9.77. The van der Waals surface area contributed by atoms with E-state index >= 15 is 0 Å². The molecule has 0 saturated heterocycles. The van der Waals surface area contributed by atoms with E-state index in [4.69, 9.17) is 0 Å². The van der Waals surface area contributed by atoms with Gasteiger partial charge in [-0.3, -0.25) is 4.90 Å². The number of nitrogens with zero attached hydrogens (tertiary/aromatic N) is 1. The average Bonchev–Trinajstić information content (AvgIpc) is 2.76. The maximum atomic E-state index is 2.42.